The summed E-state index contributed by atoms with van der Waals surface area (Å²) >= 11 is 0. The number of ether oxygens (including phenoxy) is 2. The third kappa shape index (κ3) is 4.19. The Kier molecular flexibility index (Phi) is 5.51. The summed E-state index contributed by atoms with van der Waals surface area (Å²) in [6.07, 6.45) is 1.26. The van der Waals surface area contributed by atoms with E-state index in [1.54, 1.807) is 19.2 Å². The smallest absolute Gasteiger partial charge is 0.265 e. The molecule has 2 heterocycles. The molecule has 8 nitrogen and oxygen atoms in total. The molecule has 4 aromatic rings. The third-order valence-electron chi connectivity index (χ3n) is 4.32. The minimum absolute atomic E-state index is 0.150. The van der Waals surface area contributed by atoms with Crippen molar-refractivity contribution in [2.45, 2.75) is 6.54 Å². The summed E-state index contributed by atoms with van der Waals surface area (Å²) in [5, 5.41) is 7.16. The summed E-state index contributed by atoms with van der Waals surface area (Å²) in [5.74, 6) is 0.163. The molecule has 0 aliphatic carbocycles. The highest BCUT2D eigenvalue weighted by molar-refractivity contribution is 5.93. The zero-order valence-electron chi connectivity index (χ0n) is 16.0. The molecule has 0 aliphatic heterocycles. The Morgan fingerprint density at radius 2 is 2.00 bits per heavy atom. The molecule has 9 heteroatoms. The van der Waals surface area contributed by atoms with Gasteiger partial charge in [0.1, 0.15) is 29.0 Å². The number of methoxy groups -OCH3 is 1. The average molecular weight is 408 g/mol. The van der Waals surface area contributed by atoms with Gasteiger partial charge in [0.05, 0.1) is 7.11 Å². The van der Waals surface area contributed by atoms with E-state index in [1.165, 1.54) is 18.5 Å². The lowest BCUT2D eigenvalue weighted by atomic mass is 10.1. The molecule has 4 rings (SSSR count). The molecule has 0 unspecified atom stereocenters. The summed E-state index contributed by atoms with van der Waals surface area (Å²) in [7, 11) is 1.58. The van der Waals surface area contributed by atoms with Crippen LogP contribution in [0.2, 0.25) is 0 Å². The first kappa shape index (κ1) is 19.3. The number of hydrogen-bond donors (Lipinski definition) is 1. The van der Waals surface area contributed by atoms with Crippen LogP contribution in [0.3, 0.4) is 0 Å². The van der Waals surface area contributed by atoms with Crippen molar-refractivity contribution in [3.63, 3.8) is 0 Å². The fraction of sp³-hybridized carbons (Fsp3) is 0.143. The van der Waals surface area contributed by atoms with E-state index >= 15 is 0 Å². The van der Waals surface area contributed by atoms with E-state index in [2.05, 4.69) is 20.4 Å². The Labute approximate surface area is 170 Å². The van der Waals surface area contributed by atoms with Crippen LogP contribution in [0.25, 0.3) is 22.4 Å². The van der Waals surface area contributed by atoms with Crippen LogP contribution in [0.5, 0.6) is 11.6 Å². The van der Waals surface area contributed by atoms with Crippen LogP contribution in [0.4, 0.5) is 4.39 Å². The van der Waals surface area contributed by atoms with E-state index in [9.17, 15) is 9.18 Å². The highest BCUT2D eigenvalue weighted by atomic mass is 19.1. The predicted molar refractivity (Wildman–Crippen MR) is 105 cm³/mol. The lowest BCUT2D eigenvalue weighted by Gasteiger charge is -2.08. The maximum Gasteiger partial charge on any atom is 0.265 e. The molecule has 0 saturated heterocycles. The molecule has 2 aromatic heterocycles. The lowest BCUT2D eigenvalue weighted by Crippen LogP contribution is -2.28. The number of benzene rings is 2. The molecular formula is C21H17FN4O4. The first-order valence-electron chi connectivity index (χ1n) is 9.03. The number of amides is 1. The van der Waals surface area contributed by atoms with Crippen LogP contribution in [0.1, 0.15) is 5.56 Å². The summed E-state index contributed by atoms with van der Waals surface area (Å²) in [6, 6.07) is 13.1. The number of fused-ring (bicyclic) bond motifs is 1. The van der Waals surface area contributed by atoms with Gasteiger partial charge < -0.3 is 19.3 Å². The van der Waals surface area contributed by atoms with Crippen molar-refractivity contribution in [2.24, 2.45) is 0 Å². The van der Waals surface area contributed by atoms with E-state index in [4.69, 9.17) is 14.0 Å². The Morgan fingerprint density at radius 1 is 1.17 bits per heavy atom. The third-order valence-corrected chi connectivity index (χ3v) is 4.32. The number of hydrogen-bond acceptors (Lipinski definition) is 7. The second kappa shape index (κ2) is 8.56. The Bertz CT molecular complexity index is 1180. The normalized spacial score (nSPS) is 10.7. The van der Waals surface area contributed by atoms with E-state index in [0.717, 1.165) is 5.56 Å². The molecule has 0 fully saturated rings. The van der Waals surface area contributed by atoms with Gasteiger partial charge in [0.25, 0.3) is 11.6 Å². The van der Waals surface area contributed by atoms with Gasteiger partial charge in [0.15, 0.2) is 6.61 Å². The van der Waals surface area contributed by atoms with E-state index < -0.39 is 0 Å². The van der Waals surface area contributed by atoms with E-state index in [0.29, 0.717) is 28.9 Å². The number of aromatic nitrogens is 3. The first-order chi connectivity index (χ1) is 14.6. The Balaban J connectivity index is 1.46. The minimum Gasteiger partial charge on any atom is -0.497 e. The molecule has 0 radical (unpaired) electrons. The molecule has 0 spiro atoms. The quantitative estimate of drug-likeness (QED) is 0.501. The van der Waals surface area contributed by atoms with Gasteiger partial charge in [-0.25, -0.2) is 9.37 Å². The van der Waals surface area contributed by atoms with Gasteiger partial charge in [-0.05, 0) is 42.0 Å². The zero-order chi connectivity index (χ0) is 20.9. The number of rotatable bonds is 7. The topological polar surface area (TPSA) is 99.4 Å². The number of nitrogens with one attached hydrogen (secondary N) is 1. The van der Waals surface area contributed by atoms with Crippen LogP contribution < -0.4 is 14.8 Å². The second-order valence-corrected chi connectivity index (χ2v) is 6.31. The fourth-order valence-electron chi connectivity index (χ4n) is 2.84. The van der Waals surface area contributed by atoms with Gasteiger partial charge >= 0.3 is 0 Å². The summed E-state index contributed by atoms with van der Waals surface area (Å²) in [4.78, 5) is 20.3. The molecule has 0 saturated carbocycles. The first-order valence-corrected chi connectivity index (χ1v) is 9.03. The Morgan fingerprint density at radius 3 is 2.80 bits per heavy atom. The summed E-state index contributed by atoms with van der Waals surface area (Å²) < 4.78 is 29.2. The highest BCUT2D eigenvalue weighted by Crippen LogP contribution is 2.32. The van der Waals surface area contributed by atoms with Crippen LogP contribution >= 0.6 is 0 Å². The number of halogens is 1. The standard InChI is InChI=1S/C21H17FN4O4/c1-28-16-4-2-3-13(9-16)10-23-17(27)11-29-20-18-19(14-5-7-15(22)8-6-14)26-30-21(18)25-12-24-20/h2-9,12H,10-11H2,1H3,(H,23,27). The van der Waals surface area contributed by atoms with Crippen LogP contribution in [-0.4, -0.2) is 34.7 Å². The maximum absolute atomic E-state index is 13.2. The van der Waals surface area contributed by atoms with Crippen molar-refractivity contribution in [1.82, 2.24) is 20.4 Å². The molecule has 1 amide bonds. The number of carbonyl (C=O) groups is 1. The van der Waals surface area contributed by atoms with Gasteiger partial charge in [0.2, 0.25) is 5.88 Å². The molecule has 0 atom stereocenters. The van der Waals surface area contributed by atoms with E-state index in [1.807, 2.05) is 24.3 Å². The van der Waals surface area contributed by atoms with Crippen LogP contribution in [0, 0.1) is 5.82 Å². The van der Waals surface area contributed by atoms with Crippen molar-refractivity contribution >= 4 is 17.0 Å². The number of carbonyl (C=O) groups excluding carboxylic acids is 1. The van der Waals surface area contributed by atoms with Crippen molar-refractivity contribution < 1.29 is 23.2 Å². The van der Waals surface area contributed by atoms with Gasteiger partial charge in [-0.1, -0.05) is 17.3 Å². The predicted octanol–water partition coefficient (Wildman–Crippen LogP) is 3.13. The number of nitrogens with zero attached hydrogens (tertiary/aromatic N) is 3. The van der Waals surface area contributed by atoms with Crippen molar-refractivity contribution in [3.05, 3.63) is 66.2 Å². The Hall–Kier alpha value is -4.01. The SMILES string of the molecule is COc1cccc(CNC(=O)COc2ncnc3onc(-c4ccc(F)cc4)c23)c1. The zero-order valence-corrected chi connectivity index (χ0v) is 16.0. The van der Waals surface area contributed by atoms with Crippen LogP contribution in [-0.2, 0) is 11.3 Å². The van der Waals surface area contributed by atoms with Gasteiger partial charge in [-0.15, -0.1) is 0 Å². The average Bonchev–Trinajstić information content (AvgIpc) is 3.22. The second-order valence-electron chi connectivity index (χ2n) is 6.31. The van der Waals surface area contributed by atoms with Crippen molar-refractivity contribution in [2.75, 3.05) is 13.7 Å². The van der Waals surface area contributed by atoms with Crippen LogP contribution in [0.15, 0.2) is 59.4 Å². The summed E-state index contributed by atoms with van der Waals surface area (Å²) in [5.41, 5.74) is 2.11. The lowest BCUT2D eigenvalue weighted by molar-refractivity contribution is -0.123. The van der Waals surface area contributed by atoms with Gasteiger partial charge in [-0.3, -0.25) is 4.79 Å². The van der Waals surface area contributed by atoms with Gasteiger partial charge in [-0.2, -0.15) is 4.98 Å². The molecule has 1 N–H and O–H groups in total. The molecule has 152 valence electrons. The maximum atomic E-state index is 13.2. The minimum atomic E-state index is -0.369. The molecular weight excluding hydrogens is 391 g/mol. The molecule has 0 aliphatic rings. The largest absolute Gasteiger partial charge is 0.497 e. The molecule has 30 heavy (non-hydrogen) atoms. The van der Waals surface area contributed by atoms with E-state index in [-0.39, 0.29) is 29.9 Å². The molecule has 2 aromatic carbocycles. The summed E-state index contributed by atoms with van der Waals surface area (Å²) in [6.45, 7) is 0.0663. The van der Waals surface area contributed by atoms with Gasteiger partial charge in [0, 0.05) is 12.1 Å². The highest BCUT2D eigenvalue weighted by Gasteiger charge is 2.18. The monoisotopic (exact) mass is 408 g/mol. The van der Waals surface area contributed by atoms with Crippen molar-refractivity contribution in [1.29, 1.82) is 0 Å². The fourth-order valence-corrected chi connectivity index (χ4v) is 2.84. The molecule has 0 bridgehead atoms. The van der Waals surface area contributed by atoms with Crippen molar-refractivity contribution in [3.8, 4) is 22.9 Å².